The Morgan fingerprint density at radius 3 is 1.07 bits per heavy atom. The lowest BCUT2D eigenvalue weighted by Gasteiger charge is -2.02. The Labute approximate surface area is 91.7 Å². The molecule has 14 heavy (non-hydrogen) atoms. The molecule has 0 N–H and O–H groups in total. The topological polar surface area (TPSA) is 0 Å². The molecule has 68 valence electrons. The normalized spacial score (nSPS) is 13.1. The van der Waals surface area contributed by atoms with E-state index in [9.17, 15) is 0 Å². The predicted molar refractivity (Wildman–Crippen MR) is 63.5 cm³/mol. The summed E-state index contributed by atoms with van der Waals surface area (Å²) < 4.78 is 0. The first-order valence-corrected chi connectivity index (χ1v) is 6.34. The van der Waals surface area contributed by atoms with Gasteiger partial charge in [0, 0.05) is 0 Å². The van der Waals surface area contributed by atoms with Gasteiger partial charge < -0.3 is 0 Å². The fraction of sp³-hybridized carbons (Fsp3) is 0. The van der Waals surface area contributed by atoms with E-state index in [1.54, 1.807) is 0 Å². The number of rotatable bonds is 0. The van der Waals surface area contributed by atoms with Crippen LogP contribution in [0.4, 0.5) is 0 Å². The molecule has 2 aromatic rings. The van der Waals surface area contributed by atoms with Gasteiger partial charge in [-0.25, -0.2) is 0 Å². The van der Waals surface area contributed by atoms with E-state index in [4.69, 9.17) is 0 Å². The van der Waals surface area contributed by atoms with Crippen molar-refractivity contribution in [1.29, 1.82) is 0 Å². The fourth-order valence-electron chi connectivity index (χ4n) is 1.57. The van der Waals surface area contributed by atoms with Crippen molar-refractivity contribution in [1.82, 2.24) is 0 Å². The first kappa shape index (κ1) is 8.45. The SMILES string of the molecule is c1ccc2c(c1)[SH+]c1ccccc1[SH+]2. The summed E-state index contributed by atoms with van der Waals surface area (Å²) in [7, 11) is 0. The predicted octanol–water partition coefficient (Wildman–Crippen LogP) is 2.47. The molecule has 2 heteroatoms. The molecule has 0 nitrogen and oxygen atoms in total. The maximum atomic E-state index is 2.22. The van der Waals surface area contributed by atoms with Crippen molar-refractivity contribution < 1.29 is 0 Å². The first-order valence-electron chi connectivity index (χ1n) is 4.55. The van der Waals surface area contributed by atoms with E-state index >= 15 is 0 Å². The monoisotopic (exact) mass is 218 g/mol. The minimum absolute atomic E-state index is 1.36. The van der Waals surface area contributed by atoms with Crippen molar-refractivity contribution >= 4 is 23.5 Å². The lowest BCUT2D eigenvalue weighted by atomic mass is 10.3. The molecule has 0 saturated carbocycles. The van der Waals surface area contributed by atoms with Gasteiger partial charge in [-0.15, -0.1) is 0 Å². The second-order valence-corrected chi connectivity index (χ2v) is 5.58. The molecule has 0 aromatic heterocycles. The average Bonchev–Trinajstić information content (AvgIpc) is 2.26. The third-order valence-corrected chi connectivity index (χ3v) is 5.12. The number of hydrogen-bond acceptors (Lipinski definition) is 0. The van der Waals surface area contributed by atoms with Crippen LogP contribution in [0.5, 0.6) is 0 Å². The van der Waals surface area contributed by atoms with Gasteiger partial charge in [0.2, 0.25) is 19.6 Å². The molecule has 0 radical (unpaired) electrons. The molecule has 1 aliphatic heterocycles. The summed E-state index contributed by atoms with van der Waals surface area (Å²) >= 11 is 2.71. The van der Waals surface area contributed by atoms with Crippen LogP contribution in [0.1, 0.15) is 0 Å². The van der Waals surface area contributed by atoms with Gasteiger partial charge in [-0.1, -0.05) is 24.3 Å². The van der Waals surface area contributed by atoms with Gasteiger partial charge in [0.25, 0.3) is 0 Å². The molecule has 0 atom stereocenters. The van der Waals surface area contributed by atoms with Crippen molar-refractivity contribution in [3.63, 3.8) is 0 Å². The van der Waals surface area contributed by atoms with E-state index in [0.29, 0.717) is 0 Å². The third kappa shape index (κ3) is 1.35. The second kappa shape index (κ2) is 3.37. The Morgan fingerprint density at radius 2 is 0.786 bits per heavy atom. The smallest absolute Gasteiger partial charge is 0.0569 e. The molecular formula is C12H10S2+2. The van der Waals surface area contributed by atoms with Crippen LogP contribution in [0.2, 0.25) is 0 Å². The summed E-state index contributed by atoms with van der Waals surface area (Å²) in [5.74, 6) is 0. The van der Waals surface area contributed by atoms with Crippen LogP contribution in [0.25, 0.3) is 0 Å². The second-order valence-electron chi connectivity index (χ2n) is 3.20. The molecule has 3 rings (SSSR count). The van der Waals surface area contributed by atoms with Gasteiger partial charge in [-0.3, -0.25) is 0 Å². The van der Waals surface area contributed by atoms with Gasteiger partial charge in [-0.2, -0.15) is 0 Å². The molecule has 0 spiro atoms. The first-order chi connectivity index (χ1) is 6.93. The highest BCUT2D eigenvalue weighted by molar-refractivity contribution is 7.84. The Bertz CT molecular complexity index is 390. The van der Waals surface area contributed by atoms with Crippen LogP contribution in [-0.4, -0.2) is 0 Å². The van der Waals surface area contributed by atoms with Crippen LogP contribution < -0.4 is 0 Å². The van der Waals surface area contributed by atoms with Gasteiger partial charge in [0.05, 0.1) is 23.5 Å². The van der Waals surface area contributed by atoms with E-state index in [-0.39, 0.29) is 0 Å². The van der Waals surface area contributed by atoms with Gasteiger partial charge in [-0.05, 0) is 24.3 Å². The van der Waals surface area contributed by atoms with Crippen LogP contribution in [0, 0.1) is 0 Å². The zero-order chi connectivity index (χ0) is 9.38. The highest BCUT2D eigenvalue weighted by atomic mass is 32.2. The standard InChI is InChI=1S/C12H8S2/c1-2-6-10-9(5-1)13-11-7-3-4-8-12(11)14-10/h1-8H/p+2. The Hall–Kier alpha value is -0.860. The molecule has 0 aliphatic carbocycles. The minimum Gasteiger partial charge on any atom is -0.0569 e. The lowest BCUT2D eigenvalue weighted by Crippen LogP contribution is -2.01. The Morgan fingerprint density at radius 1 is 0.500 bits per heavy atom. The molecule has 2 aromatic carbocycles. The van der Waals surface area contributed by atoms with Crippen molar-refractivity contribution in [2.75, 3.05) is 0 Å². The van der Waals surface area contributed by atoms with Crippen LogP contribution >= 0.6 is 0 Å². The van der Waals surface area contributed by atoms with Gasteiger partial charge in [0.15, 0.2) is 0 Å². The molecular weight excluding hydrogens is 208 g/mol. The summed E-state index contributed by atoms with van der Waals surface area (Å²) in [5, 5.41) is 0. The number of fused-ring (bicyclic) bond motifs is 2. The molecule has 0 fully saturated rings. The van der Waals surface area contributed by atoms with Crippen LogP contribution in [0.15, 0.2) is 68.1 Å². The summed E-state index contributed by atoms with van der Waals surface area (Å²) in [6.07, 6.45) is 0. The zero-order valence-electron chi connectivity index (χ0n) is 7.51. The van der Waals surface area contributed by atoms with Crippen molar-refractivity contribution in [2.45, 2.75) is 19.6 Å². The summed E-state index contributed by atoms with van der Waals surface area (Å²) in [6, 6.07) is 17.4. The summed E-state index contributed by atoms with van der Waals surface area (Å²) in [5.41, 5.74) is 0. The molecule has 0 unspecified atom stereocenters. The third-order valence-electron chi connectivity index (χ3n) is 2.25. The highest BCUT2D eigenvalue weighted by Crippen LogP contribution is 2.30. The number of benzene rings is 2. The van der Waals surface area contributed by atoms with Crippen molar-refractivity contribution in [2.24, 2.45) is 0 Å². The maximum Gasteiger partial charge on any atom is 0.213 e. The lowest BCUT2D eigenvalue weighted by molar-refractivity contribution is 1.15. The van der Waals surface area contributed by atoms with Gasteiger partial charge >= 0.3 is 0 Å². The molecule has 0 saturated heterocycles. The number of thiol groups is 2. The highest BCUT2D eigenvalue weighted by Gasteiger charge is 2.29. The molecule has 1 heterocycles. The van der Waals surface area contributed by atoms with Crippen molar-refractivity contribution in [3.8, 4) is 0 Å². The van der Waals surface area contributed by atoms with E-state index in [1.807, 2.05) is 0 Å². The average molecular weight is 218 g/mol. The fourth-order valence-corrected chi connectivity index (χ4v) is 4.08. The summed E-state index contributed by atoms with van der Waals surface area (Å²) in [6.45, 7) is 0. The van der Waals surface area contributed by atoms with Crippen LogP contribution in [-0.2, 0) is 23.5 Å². The van der Waals surface area contributed by atoms with E-state index in [1.165, 1.54) is 43.1 Å². The van der Waals surface area contributed by atoms with E-state index in [0.717, 1.165) is 0 Å². The van der Waals surface area contributed by atoms with Crippen LogP contribution in [0.3, 0.4) is 0 Å². The van der Waals surface area contributed by atoms with Gasteiger partial charge in [0.1, 0.15) is 0 Å². The Balaban J connectivity index is 2.12. The molecule has 1 aliphatic rings. The van der Waals surface area contributed by atoms with Crippen molar-refractivity contribution in [3.05, 3.63) is 48.5 Å². The minimum atomic E-state index is 1.36. The quantitative estimate of drug-likeness (QED) is 0.402. The molecule has 0 bridgehead atoms. The zero-order valence-corrected chi connectivity index (χ0v) is 9.30. The van der Waals surface area contributed by atoms with E-state index < -0.39 is 0 Å². The number of hydrogen-bond donors (Lipinski definition) is 0. The molecule has 0 amide bonds. The Kier molecular flexibility index (Phi) is 2.03. The summed E-state index contributed by atoms with van der Waals surface area (Å²) in [4.78, 5) is 5.81. The largest absolute Gasteiger partial charge is 0.213 e. The van der Waals surface area contributed by atoms with E-state index in [2.05, 4.69) is 48.5 Å². The maximum absolute atomic E-state index is 2.22.